The molecule has 0 saturated carbocycles. The second-order valence-corrected chi connectivity index (χ2v) is 7.98. The highest BCUT2D eigenvalue weighted by atomic mass is 32.2. The molecule has 0 radical (unpaired) electrons. The number of esters is 3. The summed E-state index contributed by atoms with van der Waals surface area (Å²) < 4.78 is 14.0. The van der Waals surface area contributed by atoms with Crippen LogP contribution < -0.4 is 4.90 Å². The van der Waals surface area contributed by atoms with E-state index in [1.54, 1.807) is 30.3 Å². The summed E-state index contributed by atoms with van der Waals surface area (Å²) in [5.41, 5.74) is 2.70. The zero-order valence-corrected chi connectivity index (χ0v) is 19.6. The van der Waals surface area contributed by atoms with E-state index in [1.165, 1.54) is 31.3 Å². The first kappa shape index (κ1) is 24.7. The normalized spacial score (nSPS) is 14.1. The molecule has 3 rings (SSSR count). The van der Waals surface area contributed by atoms with Crippen molar-refractivity contribution in [3.05, 3.63) is 70.9 Å². The van der Waals surface area contributed by atoms with Gasteiger partial charge in [0.25, 0.3) is 5.91 Å². The van der Waals surface area contributed by atoms with Crippen molar-refractivity contribution in [3.63, 3.8) is 0 Å². The van der Waals surface area contributed by atoms with E-state index >= 15 is 0 Å². The third-order valence-electron chi connectivity index (χ3n) is 4.67. The van der Waals surface area contributed by atoms with E-state index in [1.807, 2.05) is 19.1 Å². The molecule has 176 valence electrons. The predicted molar refractivity (Wildman–Crippen MR) is 127 cm³/mol. The molecular weight excluding hydrogens is 460 g/mol. The van der Waals surface area contributed by atoms with Crippen LogP contribution in [-0.2, 0) is 28.6 Å². The third-order valence-corrected chi connectivity index (χ3v) is 5.58. The van der Waals surface area contributed by atoms with E-state index < -0.39 is 24.5 Å². The molecule has 2 aromatic carbocycles. The lowest BCUT2D eigenvalue weighted by molar-refractivity contribution is -0.144. The number of anilines is 1. The number of aliphatic imine (C=N–C) groups is 1. The van der Waals surface area contributed by atoms with E-state index in [-0.39, 0.29) is 22.9 Å². The zero-order chi connectivity index (χ0) is 24.7. The minimum absolute atomic E-state index is 0.000632. The van der Waals surface area contributed by atoms with Gasteiger partial charge in [0.05, 0.1) is 31.2 Å². The average molecular weight is 483 g/mol. The van der Waals surface area contributed by atoms with Gasteiger partial charge in [0.15, 0.2) is 11.8 Å². The zero-order valence-electron chi connectivity index (χ0n) is 18.8. The topological polar surface area (TPSA) is 112 Å². The predicted octanol–water partition coefficient (Wildman–Crippen LogP) is 2.97. The largest absolute Gasteiger partial charge is 0.468 e. The Kier molecular flexibility index (Phi) is 8.20. The number of amidine groups is 1. The third kappa shape index (κ3) is 6.10. The smallest absolute Gasteiger partial charge is 0.344 e. The molecular formula is C24H22N2O7S. The van der Waals surface area contributed by atoms with Crippen LogP contribution in [0, 0.1) is 6.92 Å². The highest BCUT2D eigenvalue weighted by molar-refractivity contribution is 8.14. The fourth-order valence-corrected chi connectivity index (χ4v) is 3.68. The van der Waals surface area contributed by atoms with E-state index in [4.69, 9.17) is 4.74 Å². The van der Waals surface area contributed by atoms with E-state index in [9.17, 15) is 19.2 Å². The fraction of sp³-hybridized carbons (Fsp3) is 0.208. The van der Waals surface area contributed by atoms with Crippen molar-refractivity contribution < 1.29 is 33.4 Å². The summed E-state index contributed by atoms with van der Waals surface area (Å²) in [5.74, 6) is -2.12. The maximum atomic E-state index is 13.2. The number of nitrogens with zero attached hydrogens (tertiary/aromatic N) is 2. The fourth-order valence-electron chi connectivity index (χ4n) is 2.84. The summed E-state index contributed by atoms with van der Waals surface area (Å²) >= 11 is 1.10. The lowest BCUT2D eigenvalue weighted by atomic mass is 10.1. The molecule has 2 aromatic rings. The first-order valence-corrected chi connectivity index (χ1v) is 11.1. The number of hydrogen-bond acceptors (Lipinski definition) is 9. The number of benzene rings is 2. The van der Waals surface area contributed by atoms with Gasteiger partial charge in [-0.1, -0.05) is 41.6 Å². The molecule has 9 nitrogen and oxygen atoms in total. The molecule has 0 aromatic heterocycles. The van der Waals surface area contributed by atoms with E-state index in [2.05, 4.69) is 14.5 Å². The highest BCUT2D eigenvalue weighted by Crippen LogP contribution is 2.29. The number of rotatable bonds is 7. The van der Waals surface area contributed by atoms with Crippen molar-refractivity contribution in [2.24, 2.45) is 4.99 Å². The molecule has 0 fully saturated rings. The molecule has 0 N–H and O–H groups in total. The number of ether oxygens (including phenoxy) is 3. The molecule has 1 amide bonds. The van der Waals surface area contributed by atoms with Crippen LogP contribution in [0.5, 0.6) is 0 Å². The molecule has 0 atom stereocenters. The Labute approximate surface area is 200 Å². The van der Waals surface area contributed by atoms with E-state index in [0.717, 1.165) is 17.3 Å². The minimum Gasteiger partial charge on any atom is -0.468 e. The summed E-state index contributed by atoms with van der Waals surface area (Å²) in [6.45, 7) is 1.46. The summed E-state index contributed by atoms with van der Waals surface area (Å²) in [6.07, 6.45) is 1.58. The number of methoxy groups -OCH3 is 2. The lowest BCUT2D eigenvalue weighted by Gasteiger charge is -2.17. The molecule has 0 aliphatic carbocycles. The van der Waals surface area contributed by atoms with Crippen molar-refractivity contribution in [1.29, 1.82) is 0 Å². The van der Waals surface area contributed by atoms with Crippen LogP contribution in [0.25, 0.3) is 6.08 Å². The summed E-state index contributed by atoms with van der Waals surface area (Å²) in [6, 6.07) is 13.6. The Morgan fingerprint density at radius 1 is 0.971 bits per heavy atom. The molecule has 0 unspecified atom stereocenters. The van der Waals surface area contributed by atoms with Crippen LogP contribution in [0.3, 0.4) is 0 Å². The Balaban J connectivity index is 1.82. The molecule has 1 heterocycles. The quantitative estimate of drug-likeness (QED) is 0.336. The van der Waals surface area contributed by atoms with Gasteiger partial charge in [0.2, 0.25) is 0 Å². The minimum atomic E-state index is -0.674. The number of aryl methyl sites for hydroxylation is 1. The van der Waals surface area contributed by atoms with E-state index in [0.29, 0.717) is 16.4 Å². The second-order valence-electron chi connectivity index (χ2n) is 7.04. The first-order chi connectivity index (χ1) is 16.3. The summed E-state index contributed by atoms with van der Waals surface area (Å²) in [4.78, 5) is 53.8. The van der Waals surface area contributed by atoms with Gasteiger partial charge in [-0.15, -0.1) is 0 Å². The highest BCUT2D eigenvalue weighted by Gasteiger charge is 2.32. The van der Waals surface area contributed by atoms with Crippen LogP contribution in [0.4, 0.5) is 5.69 Å². The van der Waals surface area contributed by atoms with Crippen LogP contribution in [0.1, 0.15) is 21.5 Å². The standard InChI is InChI=1S/C24H22N2O7S/c1-15-4-10-18(11-5-15)26-22(29)19(25-24(26)34-14-21(28)32-3)12-16-6-8-17(9-7-16)23(30)33-13-20(27)31-2/h4-12H,13-14H2,1-3H3/b19-12-. The number of hydrogen-bond donors (Lipinski definition) is 0. The Morgan fingerprint density at radius 3 is 2.24 bits per heavy atom. The Morgan fingerprint density at radius 2 is 1.62 bits per heavy atom. The van der Waals surface area contributed by atoms with Crippen LogP contribution in [0.2, 0.25) is 0 Å². The van der Waals surface area contributed by atoms with Crippen LogP contribution in [-0.4, -0.2) is 55.6 Å². The van der Waals surface area contributed by atoms with Crippen molar-refractivity contribution in [1.82, 2.24) is 0 Å². The van der Waals surface area contributed by atoms with Crippen molar-refractivity contribution >= 4 is 52.5 Å². The van der Waals surface area contributed by atoms with Crippen LogP contribution >= 0.6 is 11.8 Å². The van der Waals surface area contributed by atoms with Crippen LogP contribution in [0.15, 0.2) is 59.2 Å². The van der Waals surface area contributed by atoms with Gasteiger partial charge in [-0.25, -0.2) is 14.6 Å². The first-order valence-electron chi connectivity index (χ1n) is 10.1. The Hall–Kier alpha value is -3.92. The molecule has 0 bridgehead atoms. The molecule has 1 aliphatic heterocycles. The van der Waals surface area contributed by atoms with Gasteiger partial charge in [0.1, 0.15) is 5.70 Å². The van der Waals surface area contributed by atoms with Gasteiger partial charge in [-0.2, -0.15) is 0 Å². The maximum Gasteiger partial charge on any atom is 0.344 e. The monoisotopic (exact) mass is 482 g/mol. The second kappa shape index (κ2) is 11.3. The van der Waals surface area contributed by atoms with Gasteiger partial charge < -0.3 is 14.2 Å². The van der Waals surface area contributed by atoms with Gasteiger partial charge in [-0.3, -0.25) is 14.5 Å². The number of carbonyl (C=O) groups excluding carboxylic acids is 4. The molecule has 0 saturated heterocycles. The number of amides is 1. The summed E-state index contributed by atoms with van der Waals surface area (Å²) in [7, 11) is 2.49. The molecule has 10 heteroatoms. The van der Waals surface area contributed by atoms with Crippen molar-refractivity contribution in [3.8, 4) is 0 Å². The Bertz CT molecular complexity index is 1150. The molecule has 0 spiro atoms. The molecule has 1 aliphatic rings. The van der Waals surface area contributed by atoms with Crippen molar-refractivity contribution in [2.45, 2.75) is 6.92 Å². The number of carbonyl (C=O) groups is 4. The van der Waals surface area contributed by atoms with Crippen molar-refractivity contribution in [2.75, 3.05) is 31.5 Å². The lowest BCUT2D eigenvalue weighted by Crippen LogP contribution is -2.30. The van der Waals surface area contributed by atoms with Gasteiger partial charge in [-0.05, 0) is 42.8 Å². The average Bonchev–Trinajstić information content (AvgIpc) is 3.16. The summed E-state index contributed by atoms with van der Waals surface area (Å²) in [5, 5.41) is 0.355. The van der Waals surface area contributed by atoms with Gasteiger partial charge in [0, 0.05) is 0 Å². The SMILES string of the molecule is COC(=O)COC(=O)c1ccc(/C=C2\N=C(SCC(=O)OC)N(c3ccc(C)cc3)C2=O)cc1. The van der Waals surface area contributed by atoms with Gasteiger partial charge >= 0.3 is 17.9 Å². The number of thioether (sulfide) groups is 1. The maximum absolute atomic E-state index is 13.2. The molecule has 34 heavy (non-hydrogen) atoms.